The molecule has 3 aromatic rings. The van der Waals surface area contributed by atoms with E-state index in [-0.39, 0.29) is 24.0 Å². The van der Waals surface area contributed by atoms with Crippen LogP contribution in [0.15, 0.2) is 47.0 Å². The van der Waals surface area contributed by atoms with Crippen LogP contribution >= 0.6 is 0 Å². The van der Waals surface area contributed by atoms with Gasteiger partial charge < -0.3 is 14.1 Å². The number of benzene rings is 1. The Labute approximate surface area is 167 Å². The number of aryl methyl sites for hydroxylation is 2. The summed E-state index contributed by atoms with van der Waals surface area (Å²) < 4.78 is 13.1. The largest absolute Gasteiger partial charge is 0.486 e. The van der Waals surface area contributed by atoms with Gasteiger partial charge in [-0.1, -0.05) is 0 Å². The summed E-state index contributed by atoms with van der Waals surface area (Å²) in [5.41, 5.74) is 1.48. The molecule has 2 aromatic heterocycles. The van der Waals surface area contributed by atoms with Crippen molar-refractivity contribution in [1.29, 1.82) is 0 Å². The summed E-state index contributed by atoms with van der Waals surface area (Å²) in [5.74, 6) is 0.943. The molecular formula is C20H22N4O5. The minimum absolute atomic E-state index is 0.0377. The Morgan fingerprint density at radius 3 is 2.79 bits per heavy atom. The average Bonchev–Trinajstić information content (AvgIpc) is 3.34. The smallest absolute Gasteiger partial charge is 0.289 e. The number of hydrogen-bond donors (Lipinski definition) is 0. The van der Waals surface area contributed by atoms with Crippen LogP contribution in [0.4, 0.5) is 5.69 Å². The van der Waals surface area contributed by atoms with Crippen molar-refractivity contribution in [2.45, 2.75) is 33.5 Å². The number of nitro groups is 1. The molecule has 0 unspecified atom stereocenters. The van der Waals surface area contributed by atoms with Crippen LogP contribution in [-0.4, -0.2) is 32.6 Å². The van der Waals surface area contributed by atoms with E-state index in [1.54, 1.807) is 43.3 Å². The van der Waals surface area contributed by atoms with Gasteiger partial charge in [0.1, 0.15) is 18.1 Å². The molecule has 0 aliphatic heterocycles. The molecule has 1 amide bonds. The Morgan fingerprint density at radius 1 is 1.31 bits per heavy atom. The number of nitro benzene ring substituents is 1. The quantitative estimate of drug-likeness (QED) is 0.424. The zero-order valence-corrected chi connectivity index (χ0v) is 16.5. The maximum atomic E-state index is 12.6. The van der Waals surface area contributed by atoms with Crippen LogP contribution in [0.1, 0.15) is 34.5 Å². The van der Waals surface area contributed by atoms with Gasteiger partial charge in [0.05, 0.1) is 17.2 Å². The second kappa shape index (κ2) is 8.59. The van der Waals surface area contributed by atoms with Crippen LogP contribution < -0.4 is 4.74 Å². The van der Waals surface area contributed by atoms with E-state index in [1.165, 1.54) is 12.1 Å². The maximum absolute atomic E-state index is 12.6. The Balaban J connectivity index is 1.60. The first-order valence-corrected chi connectivity index (χ1v) is 9.11. The topological polar surface area (TPSA) is 104 Å². The van der Waals surface area contributed by atoms with Gasteiger partial charge in [-0.2, -0.15) is 5.10 Å². The van der Waals surface area contributed by atoms with E-state index in [4.69, 9.17) is 9.15 Å². The van der Waals surface area contributed by atoms with E-state index in [1.807, 2.05) is 17.7 Å². The Bertz CT molecular complexity index is 1020. The van der Waals surface area contributed by atoms with Crippen molar-refractivity contribution < 1.29 is 18.9 Å². The van der Waals surface area contributed by atoms with Crippen LogP contribution in [-0.2, 0) is 19.7 Å². The Kier molecular flexibility index (Phi) is 5.96. The minimum atomic E-state index is -0.437. The summed E-state index contributed by atoms with van der Waals surface area (Å²) in [7, 11) is 1.70. The lowest BCUT2D eigenvalue weighted by atomic mass is 10.2. The maximum Gasteiger partial charge on any atom is 0.289 e. The van der Waals surface area contributed by atoms with Gasteiger partial charge in [0.2, 0.25) is 0 Å². The number of amides is 1. The number of nitrogens with zero attached hydrogens (tertiary/aromatic N) is 4. The summed E-state index contributed by atoms with van der Waals surface area (Å²) >= 11 is 0. The molecule has 2 heterocycles. The molecule has 0 aliphatic carbocycles. The predicted octanol–water partition coefficient (Wildman–Crippen LogP) is 3.56. The van der Waals surface area contributed by atoms with E-state index in [9.17, 15) is 14.9 Å². The number of carbonyl (C=O) groups is 1. The lowest BCUT2D eigenvalue weighted by Gasteiger charge is -2.16. The van der Waals surface area contributed by atoms with Crippen molar-refractivity contribution in [3.05, 3.63) is 75.5 Å². The average molecular weight is 398 g/mol. The van der Waals surface area contributed by atoms with Crippen molar-refractivity contribution in [3.63, 3.8) is 0 Å². The number of hydrogen-bond acceptors (Lipinski definition) is 6. The van der Waals surface area contributed by atoms with Gasteiger partial charge in [-0.15, -0.1) is 0 Å². The van der Waals surface area contributed by atoms with Gasteiger partial charge in [-0.25, -0.2) is 0 Å². The zero-order valence-electron chi connectivity index (χ0n) is 16.5. The van der Waals surface area contributed by atoms with Crippen LogP contribution in [0.5, 0.6) is 5.75 Å². The normalized spacial score (nSPS) is 10.7. The van der Waals surface area contributed by atoms with Crippen molar-refractivity contribution in [3.8, 4) is 5.75 Å². The fraction of sp³-hybridized carbons (Fsp3) is 0.300. The summed E-state index contributed by atoms with van der Waals surface area (Å²) in [5, 5.41) is 15.1. The van der Waals surface area contributed by atoms with Crippen molar-refractivity contribution in [1.82, 2.24) is 14.7 Å². The molecular weight excluding hydrogens is 376 g/mol. The summed E-state index contributed by atoms with van der Waals surface area (Å²) in [4.78, 5) is 24.6. The monoisotopic (exact) mass is 398 g/mol. The molecule has 3 rings (SSSR count). The van der Waals surface area contributed by atoms with E-state index in [0.29, 0.717) is 23.6 Å². The highest BCUT2D eigenvalue weighted by Gasteiger charge is 2.18. The Hall–Kier alpha value is -3.62. The lowest BCUT2D eigenvalue weighted by Crippen LogP contribution is -2.27. The van der Waals surface area contributed by atoms with Crippen molar-refractivity contribution >= 4 is 11.6 Å². The van der Waals surface area contributed by atoms with Crippen LogP contribution in [0.25, 0.3) is 0 Å². The molecule has 9 heteroatoms. The van der Waals surface area contributed by atoms with E-state index in [2.05, 4.69) is 5.10 Å². The molecule has 152 valence electrons. The molecule has 1 aromatic carbocycles. The third-order valence-electron chi connectivity index (χ3n) is 4.47. The number of aromatic nitrogens is 2. The molecule has 0 spiro atoms. The summed E-state index contributed by atoms with van der Waals surface area (Å²) in [6.07, 6.45) is 1.71. The van der Waals surface area contributed by atoms with E-state index < -0.39 is 4.92 Å². The predicted molar refractivity (Wildman–Crippen MR) is 105 cm³/mol. The minimum Gasteiger partial charge on any atom is -0.486 e. The van der Waals surface area contributed by atoms with Gasteiger partial charge in [-0.3, -0.25) is 19.6 Å². The first-order chi connectivity index (χ1) is 13.9. The first-order valence-electron chi connectivity index (χ1n) is 9.11. The molecule has 9 nitrogen and oxygen atoms in total. The van der Waals surface area contributed by atoms with Crippen LogP contribution in [0.2, 0.25) is 0 Å². The molecule has 0 bridgehead atoms. The second-order valence-electron chi connectivity index (χ2n) is 6.56. The Morgan fingerprint density at radius 2 is 2.10 bits per heavy atom. The molecule has 0 atom stereocenters. The number of ether oxygens (including phenoxy) is 1. The van der Waals surface area contributed by atoms with Gasteiger partial charge in [-0.05, 0) is 44.2 Å². The number of rotatable bonds is 8. The van der Waals surface area contributed by atoms with E-state index >= 15 is 0 Å². The number of carbonyl (C=O) groups excluding carboxylic acids is 1. The third kappa shape index (κ3) is 4.63. The molecule has 0 saturated heterocycles. The highest BCUT2D eigenvalue weighted by Crippen LogP contribution is 2.24. The molecule has 0 aliphatic rings. The zero-order chi connectivity index (χ0) is 21.0. The fourth-order valence-electron chi connectivity index (χ4n) is 2.93. The standard InChI is InChI=1S/C20H22N4O5/c1-4-23-15(9-10-21-23)12-22(3)20(25)19-8-6-17(29-19)13-28-16-5-7-18(24(26)27)14(2)11-16/h5-11H,4,12-13H2,1-3H3. The van der Waals surface area contributed by atoms with Crippen LogP contribution in [0.3, 0.4) is 0 Å². The SMILES string of the molecule is CCn1nccc1CN(C)C(=O)c1ccc(COc2ccc([N+](=O)[O-])c(C)c2)o1. The fourth-order valence-corrected chi connectivity index (χ4v) is 2.93. The van der Waals surface area contributed by atoms with Gasteiger partial charge in [0, 0.05) is 31.4 Å². The molecule has 0 radical (unpaired) electrons. The lowest BCUT2D eigenvalue weighted by molar-refractivity contribution is -0.385. The highest BCUT2D eigenvalue weighted by molar-refractivity contribution is 5.91. The first kappa shape index (κ1) is 20.1. The van der Waals surface area contributed by atoms with Gasteiger partial charge in [0.25, 0.3) is 11.6 Å². The van der Waals surface area contributed by atoms with Gasteiger partial charge >= 0.3 is 0 Å². The molecule has 0 fully saturated rings. The van der Waals surface area contributed by atoms with E-state index in [0.717, 1.165) is 12.2 Å². The summed E-state index contributed by atoms with van der Waals surface area (Å²) in [6.45, 7) is 4.89. The van der Waals surface area contributed by atoms with Crippen molar-refractivity contribution in [2.24, 2.45) is 0 Å². The van der Waals surface area contributed by atoms with Gasteiger partial charge in [0.15, 0.2) is 5.76 Å². The molecule has 29 heavy (non-hydrogen) atoms. The third-order valence-corrected chi connectivity index (χ3v) is 4.47. The van der Waals surface area contributed by atoms with Crippen molar-refractivity contribution in [2.75, 3.05) is 7.05 Å². The molecule has 0 saturated carbocycles. The second-order valence-corrected chi connectivity index (χ2v) is 6.56. The number of furan rings is 1. The summed E-state index contributed by atoms with van der Waals surface area (Å²) in [6, 6.07) is 9.69. The molecule has 0 N–H and O–H groups in total. The van der Waals surface area contributed by atoms with Crippen LogP contribution in [0, 0.1) is 17.0 Å². The highest BCUT2D eigenvalue weighted by atomic mass is 16.6.